The van der Waals surface area contributed by atoms with Gasteiger partial charge < -0.3 is 10.0 Å². The lowest BCUT2D eigenvalue weighted by atomic mass is 9.97. The second kappa shape index (κ2) is 7.65. The molecule has 1 unspecified atom stereocenters. The van der Waals surface area contributed by atoms with Crippen LogP contribution in [0.3, 0.4) is 0 Å². The SMILES string of the molecule is CCN(CCO)CC(CS)C(C)C. The zero-order valence-corrected chi connectivity index (χ0v) is 9.93. The highest BCUT2D eigenvalue weighted by molar-refractivity contribution is 7.80. The predicted octanol–water partition coefficient (Wildman–Crippen LogP) is 1.50. The molecule has 0 saturated heterocycles. The molecular weight excluding hydrogens is 182 g/mol. The van der Waals surface area contributed by atoms with Crippen molar-refractivity contribution in [3.05, 3.63) is 0 Å². The van der Waals surface area contributed by atoms with Crippen molar-refractivity contribution in [3.8, 4) is 0 Å². The first-order valence-electron chi connectivity index (χ1n) is 5.09. The Kier molecular flexibility index (Phi) is 7.81. The third-order valence-electron chi connectivity index (χ3n) is 2.53. The smallest absolute Gasteiger partial charge is 0.0558 e. The molecule has 3 heteroatoms. The first-order valence-corrected chi connectivity index (χ1v) is 5.73. The van der Waals surface area contributed by atoms with Crippen molar-refractivity contribution in [3.63, 3.8) is 0 Å². The van der Waals surface area contributed by atoms with Gasteiger partial charge in [-0.2, -0.15) is 12.6 Å². The summed E-state index contributed by atoms with van der Waals surface area (Å²) in [6.07, 6.45) is 0. The number of likely N-dealkylation sites (N-methyl/N-ethyl adjacent to an activating group) is 1. The van der Waals surface area contributed by atoms with Gasteiger partial charge in [-0.1, -0.05) is 20.8 Å². The Balaban J connectivity index is 3.87. The van der Waals surface area contributed by atoms with Gasteiger partial charge in [0.05, 0.1) is 6.61 Å². The normalized spacial score (nSPS) is 14.1. The topological polar surface area (TPSA) is 23.5 Å². The Morgan fingerprint density at radius 2 is 2.00 bits per heavy atom. The predicted molar refractivity (Wildman–Crippen MR) is 61.4 cm³/mol. The van der Waals surface area contributed by atoms with Crippen LogP contribution in [0.5, 0.6) is 0 Å². The molecular formula is C10H23NOS. The van der Waals surface area contributed by atoms with Crippen molar-refractivity contribution in [2.45, 2.75) is 20.8 Å². The molecule has 0 aromatic rings. The third kappa shape index (κ3) is 5.55. The number of thiol groups is 1. The van der Waals surface area contributed by atoms with E-state index in [1.807, 2.05) is 0 Å². The molecule has 0 saturated carbocycles. The van der Waals surface area contributed by atoms with Gasteiger partial charge in [0, 0.05) is 13.1 Å². The molecule has 0 bridgehead atoms. The van der Waals surface area contributed by atoms with Crippen molar-refractivity contribution < 1.29 is 5.11 Å². The van der Waals surface area contributed by atoms with E-state index in [0.29, 0.717) is 11.8 Å². The lowest BCUT2D eigenvalue weighted by molar-refractivity contribution is 0.173. The lowest BCUT2D eigenvalue weighted by Gasteiger charge is -2.27. The zero-order chi connectivity index (χ0) is 10.3. The summed E-state index contributed by atoms with van der Waals surface area (Å²) in [5.74, 6) is 2.24. The summed E-state index contributed by atoms with van der Waals surface area (Å²) in [5, 5.41) is 8.83. The van der Waals surface area contributed by atoms with Crippen LogP contribution in [-0.4, -0.2) is 42.0 Å². The molecule has 13 heavy (non-hydrogen) atoms. The maximum atomic E-state index is 8.83. The van der Waals surface area contributed by atoms with Gasteiger partial charge in [0.2, 0.25) is 0 Å². The van der Waals surface area contributed by atoms with E-state index in [9.17, 15) is 0 Å². The highest BCUT2D eigenvalue weighted by Crippen LogP contribution is 2.13. The molecule has 0 aliphatic rings. The Hall–Kier alpha value is 0.270. The molecule has 0 aromatic carbocycles. The van der Waals surface area contributed by atoms with Gasteiger partial charge >= 0.3 is 0 Å². The van der Waals surface area contributed by atoms with E-state index < -0.39 is 0 Å². The van der Waals surface area contributed by atoms with Crippen LogP contribution in [0.15, 0.2) is 0 Å². The van der Waals surface area contributed by atoms with Gasteiger partial charge in [-0.3, -0.25) is 0 Å². The molecule has 0 aliphatic heterocycles. The van der Waals surface area contributed by atoms with Crippen LogP contribution >= 0.6 is 12.6 Å². The molecule has 1 atom stereocenters. The van der Waals surface area contributed by atoms with E-state index >= 15 is 0 Å². The number of aliphatic hydroxyl groups is 1. The Morgan fingerprint density at radius 3 is 2.31 bits per heavy atom. The van der Waals surface area contributed by atoms with Crippen LogP contribution in [0.25, 0.3) is 0 Å². The van der Waals surface area contributed by atoms with Gasteiger partial charge in [0.15, 0.2) is 0 Å². The van der Waals surface area contributed by atoms with Crippen LogP contribution in [-0.2, 0) is 0 Å². The van der Waals surface area contributed by atoms with Gasteiger partial charge in [-0.05, 0) is 24.1 Å². The summed E-state index contributed by atoms with van der Waals surface area (Å²) in [4.78, 5) is 2.28. The monoisotopic (exact) mass is 205 g/mol. The molecule has 0 aliphatic carbocycles. The molecule has 0 aromatic heterocycles. The first-order chi connectivity index (χ1) is 6.15. The van der Waals surface area contributed by atoms with Crippen molar-refractivity contribution in [1.29, 1.82) is 0 Å². The van der Waals surface area contributed by atoms with Crippen LogP contribution in [0.1, 0.15) is 20.8 Å². The molecule has 0 amide bonds. The fourth-order valence-electron chi connectivity index (χ4n) is 1.33. The minimum absolute atomic E-state index is 0.255. The van der Waals surface area contributed by atoms with Crippen LogP contribution < -0.4 is 0 Å². The van der Waals surface area contributed by atoms with Crippen molar-refractivity contribution in [2.24, 2.45) is 11.8 Å². The highest BCUT2D eigenvalue weighted by Gasteiger charge is 2.14. The van der Waals surface area contributed by atoms with Crippen molar-refractivity contribution in [2.75, 3.05) is 32.0 Å². The van der Waals surface area contributed by atoms with Gasteiger partial charge in [-0.25, -0.2) is 0 Å². The van der Waals surface area contributed by atoms with Crippen LogP contribution in [0.2, 0.25) is 0 Å². The van der Waals surface area contributed by atoms with Crippen LogP contribution in [0.4, 0.5) is 0 Å². The third-order valence-corrected chi connectivity index (χ3v) is 3.00. The molecule has 0 fully saturated rings. The van der Waals surface area contributed by atoms with Gasteiger partial charge in [0.1, 0.15) is 0 Å². The van der Waals surface area contributed by atoms with Crippen LogP contribution in [0, 0.1) is 11.8 Å². The fourth-order valence-corrected chi connectivity index (χ4v) is 1.87. The largest absolute Gasteiger partial charge is 0.395 e. The summed E-state index contributed by atoms with van der Waals surface area (Å²) >= 11 is 4.35. The first kappa shape index (κ1) is 13.3. The van der Waals surface area contributed by atoms with Gasteiger partial charge in [-0.15, -0.1) is 0 Å². The van der Waals surface area contributed by atoms with Crippen molar-refractivity contribution in [1.82, 2.24) is 4.90 Å². The minimum Gasteiger partial charge on any atom is -0.395 e. The molecule has 0 spiro atoms. The Bertz CT molecular complexity index is 119. The summed E-state index contributed by atoms with van der Waals surface area (Å²) in [7, 11) is 0. The van der Waals surface area contributed by atoms with E-state index in [1.54, 1.807) is 0 Å². The van der Waals surface area contributed by atoms with E-state index in [-0.39, 0.29) is 6.61 Å². The summed E-state index contributed by atoms with van der Waals surface area (Å²) in [6, 6.07) is 0. The second-order valence-electron chi connectivity index (χ2n) is 3.80. The molecule has 0 radical (unpaired) electrons. The van der Waals surface area contributed by atoms with E-state index in [2.05, 4.69) is 38.3 Å². The van der Waals surface area contributed by atoms with E-state index in [0.717, 1.165) is 25.4 Å². The standard InChI is InChI=1S/C10H23NOS/c1-4-11(5-6-12)7-10(8-13)9(2)3/h9-10,12-13H,4-8H2,1-3H3. The fraction of sp³-hybridized carbons (Fsp3) is 1.00. The molecule has 80 valence electrons. The Morgan fingerprint density at radius 1 is 1.38 bits per heavy atom. The van der Waals surface area contributed by atoms with Crippen molar-refractivity contribution >= 4 is 12.6 Å². The molecule has 1 N–H and O–H groups in total. The number of rotatable bonds is 7. The van der Waals surface area contributed by atoms with E-state index in [1.165, 1.54) is 0 Å². The van der Waals surface area contributed by atoms with Gasteiger partial charge in [0.25, 0.3) is 0 Å². The maximum absolute atomic E-state index is 8.83. The number of aliphatic hydroxyl groups excluding tert-OH is 1. The molecule has 0 rings (SSSR count). The second-order valence-corrected chi connectivity index (χ2v) is 4.17. The lowest BCUT2D eigenvalue weighted by Crippen LogP contribution is -2.34. The highest BCUT2D eigenvalue weighted by atomic mass is 32.1. The average molecular weight is 205 g/mol. The Labute approximate surface area is 87.7 Å². The number of hydrogen-bond donors (Lipinski definition) is 2. The molecule has 2 nitrogen and oxygen atoms in total. The summed E-state index contributed by atoms with van der Waals surface area (Å²) < 4.78 is 0. The van der Waals surface area contributed by atoms with E-state index in [4.69, 9.17) is 5.11 Å². The average Bonchev–Trinajstić information content (AvgIpc) is 2.11. The maximum Gasteiger partial charge on any atom is 0.0558 e. The summed E-state index contributed by atoms with van der Waals surface area (Å²) in [5.41, 5.74) is 0. The number of nitrogens with zero attached hydrogens (tertiary/aromatic N) is 1. The zero-order valence-electron chi connectivity index (χ0n) is 9.03. The number of hydrogen-bond acceptors (Lipinski definition) is 3. The molecule has 0 heterocycles. The summed E-state index contributed by atoms with van der Waals surface area (Å²) in [6.45, 7) is 9.70. The minimum atomic E-state index is 0.255. The quantitative estimate of drug-likeness (QED) is 0.615.